The largest absolute Gasteiger partial charge is 0.478 e. The molecular formula is C12H8F3NO2S. The van der Waals surface area contributed by atoms with E-state index in [0.29, 0.717) is 22.5 Å². The van der Waals surface area contributed by atoms with Crippen molar-refractivity contribution in [2.75, 3.05) is 0 Å². The average molecular weight is 287 g/mol. The second-order valence-electron chi connectivity index (χ2n) is 3.87. The van der Waals surface area contributed by atoms with Gasteiger partial charge in [0.2, 0.25) is 0 Å². The molecule has 19 heavy (non-hydrogen) atoms. The number of benzene rings is 1. The van der Waals surface area contributed by atoms with Crippen molar-refractivity contribution < 1.29 is 23.1 Å². The van der Waals surface area contributed by atoms with Gasteiger partial charge in [-0.25, -0.2) is 9.78 Å². The Bertz CT molecular complexity index is 634. The summed E-state index contributed by atoms with van der Waals surface area (Å²) in [4.78, 5) is 14.4. The zero-order chi connectivity index (χ0) is 14.2. The minimum Gasteiger partial charge on any atom is -0.478 e. The molecule has 0 spiro atoms. The molecule has 0 aliphatic heterocycles. The molecule has 0 unspecified atom stereocenters. The van der Waals surface area contributed by atoms with Crippen molar-refractivity contribution in [2.24, 2.45) is 0 Å². The van der Waals surface area contributed by atoms with Crippen LogP contribution in [0, 0.1) is 6.92 Å². The van der Waals surface area contributed by atoms with E-state index in [1.54, 1.807) is 6.92 Å². The highest BCUT2D eigenvalue weighted by Gasteiger charge is 2.34. The number of alkyl halides is 3. The van der Waals surface area contributed by atoms with Crippen LogP contribution in [0.5, 0.6) is 0 Å². The highest BCUT2D eigenvalue weighted by atomic mass is 32.1. The zero-order valence-electron chi connectivity index (χ0n) is 9.65. The van der Waals surface area contributed by atoms with Crippen molar-refractivity contribution in [3.05, 3.63) is 39.7 Å². The maximum Gasteiger partial charge on any atom is 0.443 e. The van der Waals surface area contributed by atoms with E-state index in [2.05, 4.69) is 4.98 Å². The van der Waals surface area contributed by atoms with E-state index in [9.17, 15) is 18.0 Å². The molecular weight excluding hydrogens is 279 g/mol. The van der Waals surface area contributed by atoms with Crippen molar-refractivity contribution >= 4 is 17.3 Å². The number of hydrogen-bond acceptors (Lipinski definition) is 3. The maximum absolute atomic E-state index is 12.4. The number of nitrogens with zero attached hydrogens (tertiary/aromatic N) is 1. The number of carbonyl (C=O) groups is 1. The number of carboxylic acid groups (broad SMARTS) is 1. The predicted molar refractivity (Wildman–Crippen MR) is 64.2 cm³/mol. The van der Waals surface area contributed by atoms with Gasteiger partial charge in [0.25, 0.3) is 0 Å². The Labute approximate surface area is 110 Å². The maximum atomic E-state index is 12.4. The van der Waals surface area contributed by atoms with Gasteiger partial charge in [-0.15, -0.1) is 11.3 Å². The van der Waals surface area contributed by atoms with Crippen LogP contribution in [0.15, 0.2) is 23.6 Å². The second kappa shape index (κ2) is 4.65. The van der Waals surface area contributed by atoms with Gasteiger partial charge < -0.3 is 5.11 Å². The summed E-state index contributed by atoms with van der Waals surface area (Å²) in [7, 11) is 0. The van der Waals surface area contributed by atoms with Crippen molar-refractivity contribution in [3.8, 4) is 11.3 Å². The Hall–Kier alpha value is -1.89. The number of aromatic carboxylic acids is 1. The second-order valence-corrected chi connectivity index (χ2v) is 4.73. The van der Waals surface area contributed by atoms with Crippen LogP contribution in [-0.4, -0.2) is 16.1 Å². The summed E-state index contributed by atoms with van der Waals surface area (Å²) in [6.07, 6.45) is -4.46. The molecule has 0 saturated carbocycles. The molecule has 7 heteroatoms. The Morgan fingerprint density at radius 1 is 1.37 bits per heavy atom. The minimum absolute atomic E-state index is 0.120. The summed E-state index contributed by atoms with van der Waals surface area (Å²) in [6, 6.07) is 4.32. The topological polar surface area (TPSA) is 50.2 Å². The molecule has 0 bridgehead atoms. The first kappa shape index (κ1) is 13.5. The van der Waals surface area contributed by atoms with Crippen molar-refractivity contribution in [2.45, 2.75) is 13.1 Å². The zero-order valence-corrected chi connectivity index (χ0v) is 10.5. The molecule has 100 valence electrons. The molecule has 2 rings (SSSR count). The van der Waals surface area contributed by atoms with Gasteiger partial charge in [0.1, 0.15) is 0 Å². The van der Waals surface area contributed by atoms with Crippen LogP contribution in [0.2, 0.25) is 0 Å². The van der Waals surface area contributed by atoms with Gasteiger partial charge in [0, 0.05) is 10.9 Å². The van der Waals surface area contributed by atoms with E-state index in [0.717, 1.165) is 0 Å². The van der Waals surface area contributed by atoms with Crippen molar-refractivity contribution in [1.82, 2.24) is 4.98 Å². The molecule has 0 aliphatic carbocycles. The van der Waals surface area contributed by atoms with E-state index in [-0.39, 0.29) is 11.3 Å². The molecule has 0 atom stereocenters. The first-order chi connectivity index (χ1) is 8.79. The average Bonchev–Trinajstić information content (AvgIpc) is 2.76. The molecule has 1 aromatic heterocycles. The van der Waals surface area contributed by atoms with Crippen LogP contribution in [0.25, 0.3) is 11.3 Å². The third-order valence-corrected chi connectivity index (χ3v) is 3.39. The lowest BCUT2D eigenvalue weighted by molar-refractivity contribution is -0.137. The predicted octanol–water partition coefficient (Wildman–Crippen LogP) is 3.84. The molecule has 0 aliphatic rings. The van der Waals surface area contributed by atoms with Crippen molar-refractivity contribution in [1.29, 1.82) is 0 Å². The van der Waals surface area contributed by atoms with Crippen LogP contribution < -0.4 is 0 Å². The Balaban J connectivity index is 2.40. The molecule has 1 N–H and O–H groups in total. The van der Waals surface area contributed by atoms with Crippen LogP contribution in [0.1, 0.15) is 20.9 Å². The first-order valence-electron chi connectivity index (χ1n) is 5.16. The van der Waals surface area contributed by atoms with Crippen molar-refractivity contribution in [3.63, 3.8) is 0 Å². The highest BCUT2D eigenvalue weighted by molar-refractivity contribution is 7.10. The van der Waals surface area contributed by atoms with Gasteiger partial charge in [-0.1, -0.05) is 6.07 Å². The molecule has 0 saturated heterocycles. The third kappa shape index (κ3) is 2.76. The fourth-order valence-corrected chi connectivity index (χ4v) is 2.30. The fraction of sp³-hybridized carbons (Fsp3) is 0.167. The van der Waals surface area contributed by atoms with Gasteiger partial charge >= 0.3 is 12.1 Å². The molecule has 1 heterocycles. The molecule has 3 nitrogen and oxygen atoms in total. The Morgan fingerprint density at radius 2 is 2.05 bits per heavy atom. The number of thiazole rings is 1. The van der Waals surface area contributed by atoms with Gasteiger partial charge in [0.15, 0.2) is 5.01 Å². The summed E-state index contributed by atoms with van der Waals surface area (Å²) < 4.78 is 37.3. The third-order valence-electron chi connectivity index (χ3n) is 2.50. The van der Waals surface area contributed by atoms with E-state index in [4.69, 9.17) is 5.11 Å². The molecule has 2 aromatic rings. The van der Waals surface area contributed by atoms with E-state index in [1.165, 1.54) is 23.6 Å². The summed E-state index contributed by atoms with van der Waals surface area (Å²) in [5.41, 5.74) is 1.26. The Kier molecular flexibility index (Phi) is 3.32. The SMILES string of the molecule is Cc1cc(-c2csc(C(F)(F)F)n2)ccc1C(=O)O. The normalized spacial score (nSPS) is 11.6. The van der Waals surface area contributed by atoms with Crippen LogP contribution >= 0.6 is 11.3 Å². The lowest BCUT2D eigenvalue weighted by Gasteiger charge is -2.03. The lowest BCUT2D eigenvalue weighted by atomic mass is 10.0. The molecule has 0 amide bonds. The summed E-state index contributed by atoms with van der Waals surface area (Å²) in [6.45, 7) is 1.59. The summed E-state index contributed by atoms with van der Waals surface area (Å²) in [5.74, 6) is -1.07. The molecule has 0 radical (unpaired) electrons. The number of aromatic nitrogens is 1. The monoisotopic (exact) mass is 287 g/mol. The van der Waals surface area contributed by atoms with Gasteiger partial charge in [-0.2, -0.15) is 13.2 Å². The fourth-order valence-electron chi connectivity index (χ4n) is 1.60. The van der Waals surface area contributed by atoms with Gasteiger partial charge in [-0.05, 0) is 24.6 Å². The number of aryl methyl sites for hydroxylation is 1. The molecule has 1 aromatic carbocycles. The lowest BCUT2D eigenvalue weighted by Crippen LogP contribution is -2.03. The van der Waals surface area contributed by atoms with Crippen LogP contribution in [0.3, 0.4) is 0 Å². The van der Waals surface area contributed by atoms with Gasteiger partial charge in [0.05, 0.1) is 11.3 Å². The highest BCUT2D eigenvalue weighted by Crippen LogP contribution is 2.34. The standard InChI is InChI=1S/C12H8F3NO2S/c1-6-4-7(2-3-8(6)10(17)18)9-5-19-11(16-9)12(13,14)15/h2-5H,1H3,(H,17,18). The van der Waals surface area contributed by atoms with Crippen LogP contribution in [0.4, 0.5) is 13.2 Å². The van der Waals surface area contributed by atoms with Gasteiger partial charge in [-0.3, -0.25) is 0 Å². The quantitative estimate of drug-likeness (QED) is 0.913. The number of halogens is 3. The van der Waals surface area contributed by atoms with Crippen LogP contribution in [-0.2, 0) is 6.18 Å². The summed E-state index contributed by atoms with van der Waals surface area (Å²) in [5, 5.41) is 9.26. The summed E-state index contributed by atoms with van der Waals surface area (Å²) >= 11 is 0.515. The number of carboxylic acids is 1. The minimum atomic E-state index is -4.46. The number of hydrogen-bond donors (Lipinski definition) is 1. The van der Waals surface area contributed by atoms with E-state index in [1.807, 2.05) is 0 Å². The van der Waals surface area contributed by atoms with E-state index >= 15 is 0 Å². The first-order valence-corrected chi connectivity index (χ1v) is 6.04. The molecule has 0 fully saturated rings. The Morgan fingerprint density at radius 3 is 2.53 bits per heavy atom. The number of rotatable bonds is 2. The smallest absolute Gasteiger partial charge is 0.443 e. The van der Waals surface area contributed by atoms with E-state index < -0.39 is 17.2 Å².